The Kier molecular flexibility index (Phi) is 4.28. The highest BCUT2D eigenvalue weighted by Crippen LogP contribution is 2.40. The van der Waals surface area contributed by atoms with Gasteiger partial charge < -0.3 is 5.32 Å². The highest BCUT2D eigenvalue weighted by Gasteiger charge is 2.26. The normalized spacial score (nSPS) is 18.8. The molecule has 1 atom stereocenters. The molecule has 1 amide bonds. The van der Waals surface area contributed by atoms with Gasteiger partial charge in [-0.25, -0.2) is 4.98 Å². The van der Waals surface area contributed by atoms with Crippen LogP contribution in [0.2, 0.25) is 0 Å². The van der Waals surface area contributed by atoms with Crippen LogP contribution in [0.5, 0.6) is 0 Å². The van der Waals surface area contributed by atoms with Crippen molar-refractivity contribution in [2.24, 2.45) is 11.3 Å². The molecular weight excluding hydrogens is 304 g/mol. The zero-order valence-electron chi connectivity index (χ0n) is 14.3. The smallest absolute Gasteiger partial charge is 0.223 e. The van der Waals surface area contributed by atoms with Crippen LogP contribution in [-0.4, -0.2) is 10.9 Å². The highest BCUT2D eigenvalue weighted by atomic mass is 32.1. The number of nitrogens with one attached hydrogen (secondary N) is 1. The molecular formula is C19H24N2OS. The second-order valence-corrected chi connectivity index (χ2v) is 8.48. The number of rotatable bonds is 2. The molecule has 2 aromatic rings. The Balaban J connectivity index is 1.83. The Labute approximate surface area is 141 Å². The molecule has 23 heavy (non-hydrogen) atoms. The summed E-state index contributed by atoms with van der Waals surface area (Å²) in [5.74, 6) is 0.688. The number of amides is 1. The molecule has 1 aromatic carbocycles. The van der Waals surface area contributed by atoms with E-state index in [9.17, 15) is 4.79 Å². The third-order valence-electron chi connectivity index (χ3n) is 4.68. The van der Waals surface area contributed by atoms with Gasteiger partial charge in [0.1, 0.15) is 0 Å². The fourth-order valence-electron chi connectivity index (χ4n) is 3.21. The van der Waals surface area contributed by atoms with E-state index in [2.05, 4.69) is 55.3 Å². The lowest BCUT2D eigenvalue weighted by molar-refractivity contribution is -0.114. The fraction of sp³-hybridized carbons (Fsp3) is 0.474. The molecule has 0 radical (unpaired) electrons. The number of anilines is 1. The van der Waals surface area contributed by atoms with E-state index in [1.807, 2.05) is 0 Å². The summed E-state index contributed by atoms with van der Waals surface area (Å²) in [4.78, 5) is 15.7. The third-order valence-corrected chi connectivity index (χ3v) is 5.63. The van der Waals surface area contributed by atoms with Crippen LogP contribution < -0.4 is 5.32 Å². The first-order valence-corrected chi connectivity index (χ1v) is 9.02. The lowest BCUT2D eigenvalue weighted by atomic mass is 9.72. The number of hydrogen-bond acceptors (Lipinski definition) is 3. The molecule has 1 aliphatic carbocycles. The summed E-state index contributed by atoms with van der Waals surface area (Å²) in [7, 11) is 0. The van der Waals surface area contributed by atoms with Crippen LogP contribution in [0.15, 0.2) is 24.3 Å². The Morgan fingerprint density at radius 3 is 2.74 bits per heavy atom. The van der Waals surface area contributed by atoms with E-state index in [-0.39, 0.29) is 5.91 Å². The predicted molar refractivity (Wildman–Crippen MR) is 98.7 cm³/mol. The number of fused-ring (bicyclic) bond motifs is 1. The van der Waals surface area contributed by atoms with Crippen LogP contribution >= 0.6 is 11.3 Å². The zero-order chi connectivity index (χ0) is 16.6. The minimum Gasteiger partial charge on any atom is -0.302 e. The molecule has 0 aliphatic heterocycles. The van der Waals surface area contributed by atoms with E-state index in [1.165, 1.54) is 35.8 Å². The molecule has 1 N–H and O–H groups in total. The van der Waals surface area contributed by atoms with Gasteiger partial charge in [-0.05, 0) is 53.9 Å². The number of carbonyl (C=O) groups is 1. The van der Waals surface area contributed by atoms with Crippen LogP contribution in [0, 0.1) is 11.3 Å². The Morgan fingerprint density at radius 1 is 1.35 bits per heavy atom. The standard InChI is InChI=1S/C19H24N2OS/c1-12(22)20-18-21-16-11-14(7-10-17(16)23-18)13-5-8-15(9-6-13)19(2,3)4/h5,7,10-11,15H,6,8-9H2,1-4H3,(H,20,21,22). The second-order valence-electron chi connectivity index (χ2n) is 7.45. The average Bonchev–Trinajstić information content (AvgIpc) is 2.86. The van der Waals surface area contributed by atoms with Gasteiger partial charge in [0.15, 0.2) is 5.13 Å². The van der Waals surface area contributed by atoms with E-state index >= 15 is 0 Å². The average molecular weight is 328 g/mol. The van der Waals surface area contributed by atoms with Crippen molar-refractivity contribution in [1.82, 2.24) is 4.98 Å². The Hall–Kier alpha value is -1.68. The first-order valence-electron chi connectivity index (χ1n) is 8.20. The van der Waals surface area contributed by atoms with E-state index in [1.54, 1.807) is 0 Å². The molecule has 0 fully saturated rings. The van der Waals surface area contributed by atoms with Crippen LogP contribution in [0.4, 0.5) is 5.13 Å². The number of aromatic nitrogens is 1. The van der Waals surface area contributed by atoms with Crippen LogP contribution in [0.3, 0.4) is 0 Å². The van der Waals surface area contributed by atoms with Crippen molar-refractivity contribution in [3.63, 3.8) is 0 Å². The number of benzene rings is 1. The maximum atomic E-state index is 11.2. The number of carbonyl (C=O) groups excluding carboxylic acids is 1. The van der Waals surface area contributed by atoms with Gasteiger partial charge in [-0.15, -0.1) is 0 Å². The van der Waals surface area contributed by atoms with Crippen LogP contribution in [0.1, 0.15) is 52.5 Å². The number of hydrogen-bond donors (Lipinski definition) is 1. The number of thiazole rings is 1. The van der Waals surface area contributed by atoms with Crippen molar-refractivity contribution in [3.05, 3.63) is 29.8 Å². The topological polar surface area (TPSA) is 42.0 Å². The SMILES string of the molecule is CC(=O)Nc1nc2cc(C3=CCC(C(C)(C)C)CC3)ccc2s1. The number of allylic oxidation sites excluding steroid dienone is 2. The molecule has 3 nitrogen and oxygen atoms in total. The molecule has 4 heteroatoms. The van der Waals surface area contributed by atoms with Crippen molar-refractivity contribution in [1.29, 1.82) is 0 Å². The molecule has 0 saturated carbocycles. The fourth-order valence-corrected chi connectivity index (χ4v) is 4.11. The Bertz CT molecular complexity index is 767. The molecule has 1 unspecified atom stereocenters. The van der Waals surface area contributed by atoms with Crippen LogP contribution in [-0.2, 0) is 4.79 Å². The zero-order valence-corrected chi connectivity index (χ0v) is 15.1. The van der Waals surface area contributed by atoms with E-state index in [0.29, 0.717) is 10.5 Å². The minimum absolute atomic E-state index is 0.0764. The van der Waals surface area contributed by atoms with Gasteiger partial charge in [0.25, 0.3) is 0 Å². The molecule has 1 aliphatic rings. The largest absolute Gasteiger partial charge is 0.302 e. The van der Waals surface area contributed by atoms with Gasteiger partial charge in [-0.2, -0.15) is 0 Å². The molecule has 3 rings (SSSR count). The van der Waals surface area contributed by atoms with Gasteiger partial charge in [0.2, 0.25) is 5.91 Å². The molecule has 0 bridgehead atoms. The summed E-state index contributed by atoms with van der Waals surface area (Å²) in [6.45, 7) is 8.51. The summed E-state index contributed by atoms with van der Waals surface area (Å²) < 4.78 is 1.11. The summed E-state index contributed by atoms with van der Waals surface area (Å²) in [6, 6.07) is 6.45. The second kappa shape index (κ2) is 6.08. The minimum atomic E-state index is -0.0764. The van der Waals surface area contributed by atoms with Crippen molar-refractivity contribution in [2.45, 2.75) is 47.0 Å². The molecule has 0 spiro atoms. The van der Waals surface area contributed by atoms with Crippen molar-refractivity contribution in [2.75, 3.05) is 5.32 Å². The predicted octanol–water partition coefficient (Wildman–Crippen LogP) is 5.48. The van der Waals surface area contributed by atoms with Crippen molar-refractivity contribution < 1.29 is 4.79 Å². The van der Waals surface area contributed by atoms with Gasteiger partial charge in [-0.1, -0.05) is 44.3 Å². The molecule has 0 saturated heterocycles. The monoisotopic (exact) mass is 328 g/mol. The third kappa shape index (κ3) is 3.63. The van der Waals surface area contributed by atoms with Gasteiger partial charge in [-0.3, -0.25) is 4.79 Å². The summed E-state index contributed by atoms with van der Waals surface area (Å²) in [5, 5.41) is 3.45. The molecule has 1 heterocycles. The first-order chi connectivity index (χ1) is 10.8. The van der Waals surface area contributed by atoms with Crippen LogP contribution in [0.25, 0.3) is 15.8 Å². The van der Waals surface area contributed by atoms with Gasteiger partial charge in [0, 0.05) is 6.92 Å². The highest BCUT2D eigenvalue weighted by molar-refractivity contribution is 7.22. The molecule has 122 valence electrons. The summed E-state index contributed by atoms with van der Waals surface area (Å²) in [5.41, 5.74) is 4.05. The van der Waals surface area contributed by atoms with Crippen molar-refractivity contribution in [3.8, 4) is 0 Å². The van der Waals surface area contributed by atoms with E-state index in [4.69, 9.17) is 0 Å². The van der Waals surface area contributed by atoms with Crippen molar-refractivity contribution >= 4 is 38.2 Å². The lowest BCUT2D eigenvalue weighted by Crippen LogP contribution is -2.21. The Morgan fingerprint density at radius 2 is 2.13 bits per heavy atom. The lowest BCUT2D eigenvalue weighted by Gasteiger charge is -2.33. The quantitative estimate of drug-likeness (QED) is 0.792. The van der Waals surface area contributed by atoms with E-state index in [0.717, 1.165) is 29.0 Å². The number of nitrogens with zero attached hydrogens (tertiary/aromatic N) is 1. The summed E-state index contributed by atoms with van der Waals surface area (Å²) >= 11 is 1.52. The maximum absolute atomic E-state index is 11.2. The molecule has 1 aromatic heterocycles. The summed E-state index contributed by atoms with van der Waals surface area (Å²) in [6.07, 6.45) is 5.95. The van der Waals surface area contributed by atoms with E-state index < -0.39 is 0 Å². The maximum Gasteiger partial charge on any atom is 0.223 e. The van der Waals surface area contributed by atoms with Gasteiger partial charge in [0.05, 0.1) is 10.2 Å². The van der Waals surface area contributed by atoms with Gasteiger partial charge >= 0.3 is 0 Å². The first kappa shape index (κ1) is 16.2.